The highest BCUT2D eigenvalue weighted by Gasteiger charge is 2.34. The first-order valence-corrected chi connectivity index (χ1v) is 10.8. The van der Waals surface area contributed by atoms with E-state index in [0.717, 1.165) is 21.5 Å². The third-order valence-electron chi connectivity index (χ3n) is 4.32. The number of nitrogens with zero attached hydrogens (tertiary/aromatic N) is 1. The second-order valence-electron chi connectivity index (χ2n) is 6.54. The summed E-state index contributed by atoms with van der Waals surface area (Å²) in [6, 6.07) is 9.57. The van der Waals surface area contributed by atoms with Crippen molar-refractivity contribution in [2.45, 2.75) is 19.8 Å². The van der Waals surface area contributed by atoms with E-state index in [1.807, 2.05) is 13.0 Å². The summed E-state index contributed by atoms with van der Waals surface area (Å²) in [4.78, 5) is 51.3. The lowest BCUT2D eigenvalue weighted by Gasteiger charge is -2.12. The predicted molar refractivity (Wildman–Crippen MR) is 115 cm³/mol. The van der Waals surface area contributed by atoms with Gasteiger partial charge in [-0.3, -0.25) is 24.1 Å². The highest BCUT2D eigenvalue weighted by atomic mass is 32.2. The van der Waals surface area contributed by atoms with Gasteiger partial charge >= 0.3 is 0 Å². The van der Waals surface area contributed by atoms with E-state index in [9.17, 15) is 23.6 Å². The number of carbonyl (C=O) groups excluding carboxylic acids is 4. The number of halogens is 1. The summed E-state index contributed by atoms with van der Waals surface area (Å²) in [6.07, 6.45) is 1.47. The minimum Gasteiger partial charge on any atom is -0.354 e. The van der Waals surface area contributed by atoms with Crippen LogP contribution >= 0.6 is 23.1 Å². The second kappa shape index (κ2) is 9.82. The average Bonchev–Trinajstić information content (AvgIpc) is 3.26. The highest BCUT2D eigenvalue weighted by Crippen LogP contribution is 2.32. The standard InChI is InChI=1S/C21H19FN2O4S2/c1-13-6-8-17(29-13)16(25)7-9-19(26)23-10-11-24-20(27)18(30-21(24)28)12-14-4-2-3-5-15(14)22/h2-6,8,12H,7,9-11H2,1H3,(H,23,26)/b18-12-. The van der Waals surface area contributed by atoms with Gasteiger partial charge in [0.25, 0.3) is 11.1 Å². The van der Waals surface area contributed by atoms with E-state index in [4.69, 9.17) is 0 Å². The minimum atomic E-state index is -0.522. The van der Waals surface area contributed by atoms with E-state index in [1.165, 1.54) is 35.6 Å². The van der Waals surface area contributed by atoms with Crippen LogP contribution in [0.5, 0.6) is 0 Å². The Bertz CT molecular complexity index is 1030. The predicted octanol–water partition coefficient (Wildman–Crippen LogP) is 4.01. The number of thiophene rings is 1. The van der Waals surface area contributed by atoms with Crippen molar-refractivity contribution in [1.29, 1.82) is 0 Å². The summed E-state index contributed by atoms with van der Waals surface area (Å²) in [5.41, 5.74) is 0.224. The number of amides is 3. The third-order valence-corrected chi connectivity index (χ3v) is 6.27. The van der Waals surface area contributed by atoms with Crippen molar-refractivity contribution in [3.05, 3.63) is 62.4 Å². The van der Waals surface area contributed by atoms with Gasteiger partial charge in [0.05, 0.1) is 9.78 Å². The van der Waals surface area contributed by atoms with Crippen LogP contribution in [0.3, 0.4) is 0 Å². The number of imide groups is 1. The molecule has 3 rings (SSSR count). The van der Waals surface area contributed by atoms with Crippen LogP contribution in [0.25, 0.3) is 6.08 Å². The van der Waals surface area contributed by atoms with Gasteiger partial charge in [0.15, 0.2) is 5.78 Å². The first-order chi connectivity index (χ1) is 14.3. The van der Waals surface area contributed by atoms with Gasteiger partial charge in [0.2, 0.25) is 5.91 Å². The Morgan fingerprint density at radius 1 is 1.13 bits per heavy atom. The molecule has 1 aliphatic rings. The van der Waals surface area contributed by atoms with Crippen LogP contribution in [0, 0.1) is 12.7 Å². The first-order valence-electron chi connectivity index (χ1n) is 9.21. The molecular formula is C21H19FN2O4S2. The number of aryl methyl sites for hydroxylation is 1. The Balaban J connectivity index is 1.47. The second-order valence-corrected chi connectivity index (χ2v) is 8.82. The average molecular weight is 447 g/mol. The SMILES string of the molecule is Cc1ccc(C(=O)CCC(=O)NCCN2C(=O)S/C(=C\c3ccccc3F)C2=O)s1. The van der Waals surface area contributed by atoms with Crippen LogP contribution in [0.1, 0.15) is 33.0 Å². The molecule has 3 amide bonds. The molecule has 0 saturated carbocycles. The molecule has 156 valence electrons. The molecule has 30 heavy (non-hydrogen) atoms. The number of hydrogen-bond donors (Lipinski definition) is 1. The summed E-state index contributed by atoms with van der Waals surface area (Å²) in [6.45, 7) is 1.99. The zero-order valence-corrected chi connectivity index (χ0v) is 17.8. The third kappa shape index (κ3) is 5.43. The van der Waals surface area contributed by atoms with Crippen LogP contribution in [-0.2, 0) is 9.59 Å². The van der Waals surface area contributed by atoms with Gasteiger partial charge < -0.3 is 5.32 Å². The molecule has 1 aliphatic heterocycles. The van der Waals surface area contributed by atoms with Crippen LogP contribution < -0.4 is 5.32 Å². The summed E-state index contributed by atoms with van der Waals surface area (Å²) < 4.78 is 13.8. The van der Waals surface area contributed by atoms with E-state index in [-0.39, 0.29) is 48.1 Å². The van der Waals surface area contributed by atoms with Crippen molar-refractivity contribution in [1.82, 2.24) is 10.2 Å². The fourth-order valence-corrected chi connectivity index (χ4v) is 4.45. The Labute approximate surface area is 181 Å². The van der Waals surface area contributed by atoms with E-state index in [0.29, 0.717) is 4.88 Å². The minimum absolute atomic E-state index is 0.00306. The molecule has 1 aromatic heterocycles. The maximum Gasteiger partial charge on any atom is 0.293 e. The van der Waals surface area contributed by atoms with Crippen LogP contribution in [0.2, 0.25) is 0 Å². The largest absolute Gasteiger partial charge is 0.354 e. The lowest BCUT2D eigenvalue weighted by atomic mass is 10.2. The summed E-state index contributed by atoms with van der Waals surface area (Å²) in [7, 11) is 0. The Hall–Kier alpha value is -2.78. The fourth-order valence-electron chi connectivity index (χ4n) is 2.76. The summed E-state index contributed by atoms with van der Waals surface area (Å²) in [5, 5.41) is 2.14. The Kier molecular flexibility index (Phi) is 7.17. The lowest BCUT2D eigenvalue weighted by Crippen LogP contribution is -2.37. The number of carbonyl (C=O) groups is 4. The molecule has 0 unspecified atom stereocenters. The molecule has 0 bridgehead atoms. The monoisotopic (exact) mass is 446 g/mol. The van der Waals surface area contributed by atoms with E-state index in [2.05, 4.69) is 5.32 Å². The van der Waals surface area contributed by atoms with E-state index < -0.39 is 17.0 Å². The van der Waals surface area contributed by atoms with E-state index >= 15 is 0 Å². The van der Waals surface area contributed by atoms with Crippen molar-refractivity contribution in [2.24, 2.45) is 0 Å². The van der Waals surface area contributed by atoms with Gasteiger partial charge in [-0.05, 0) is 43.0 Å². The molecule has 1 saturated heterocycles. The summed E-state index contributed by atoms with van der Waals surface area (Å²) in [5.74, 6) is -1.42. The number of rotatable bonds is 8. The van der Waals surface area contributed by atoms with Gasteiger partial charge in [-0.15, -0.1) is 11.3 Å². The molecule has 0 atom stereocenters. The number of thioether (sulfide) groups is 1. The number of ketones is 1. The molecule has 0 radical (unpaired) electrons. The lowest BCUT2D eigenvalue weighted by molar-refractivity contribution is -0.124. The molecule has 2 heterocycles. The molecule has 0 aliphatic carbocycles. The number of hydrogen-bond acceptors (Lipinski definition) is 6. The maximum atomic E-state index is 13.8. The van der Waals surface area contributed by atoms with E-state index in [1.54, 1.807) is 12.1 Å². The quantitative estimate of drug-likeness (QED) is 0.489. The number of benzene rings is 1. The van der Waals surface area contributed by atoms with Crippen molar-refractivity contribution >= 4 is 52.0 Å². The van der Waals surface area contributed by atoms with Crippen molar-refractivity contribution in [2.75, 3.05) is 13.1 Å². The molecular weight excluding hydrogens is 427 g/mol. The van der Waals surface area contributed by atoms with Gasteiger partial charge in [-0.25, -0.2) is 4.39 Å². The van der Waals surface area contributed by atoms with Crippen molar-refractivity contribution < 1.29 is 23.6 Å². The smallest absolute Gasteiger partial charge is 0.293 e. The summed E-state index contributed by atoms with van der Waals surface area (Å²) >= 11 is 2.12. The van der Waals surface area contributed by atoms with Gasteiger partial charge in [0, 0.05) is 36.4 Å². The zero-order chi connectivity index (χ0) is 21.7. The number of Topliss-reactive ketones (excluding diaryl/α,β-unsaturated/α-hetero) is 1. The molecule has 0 spiro atoms. The van der Waals surface area contributed by atoms with Crippen molar-refractivity contribution in [3.8, 4) is 0 Å². The van der Waals surface area contributed by atoms with Crippen molar-refractivity contribution in [3.63, 3.8) is 0 Å². The zero-order valence-electron chi connectivity index (χ0n) is 16.1. The van der Waals surface area contributed by atoms with Gasteiger partial charge in [-0.1, -0.05) is 18.2 Å². The highest BCUT2D eigenvalue weighted by molar-refractivity contribution is 8.18. The van der Waals surface area contributed by atoms with Gasteiger partial charge in [-0.2, -0.15) is 0 Å². The normalized spacial score (nSPS) is 15.1. The molecule has 9 heteroatoms. The molecule has 6 nitrogen and oxygen atoms in total. The molecule has 1 aromatic carbocycles. The molecule has 1 N–H and O–H groups in total. The molecule has 1 fully saturated rings. The van der Waals surface area contributed by atoms with Crippen LogP contribution in [0.4, 0.5) is 9.18 Å². The topological polar surface area (TPSA) is 83.6 Å². The first kappa shape index (κ1) is 21.9. The van der Waals surface area contributed by atoms with Crippen LogP contribution in [0.15, 0.2) is 41.3 Å². The molecule has 2 aromatic rings. The van der Waals surface area contributed by atoms with Crippen LogP contribution in [-0.4, -0.2) is 40.8 Å². The Morgan fingerprint density at radius 3 is 2.60 bits per heavy atom. The van der Waals surface area contributed by atoms with Gasteiger partial charge in [0.1, 0.15) is 5.82 Å². The fraction of sp³-hybridized carbons (Fsp3) is 0.238. The number of nitrogens with one attached hydrogen (secondary N) is 1. The maximum absolute atomic E-state index is 13.8. The Morgan fingerprint density at radius 2 is 1.90 bits per heavy atom.